The molecule has 2 aromatic carbocycles. The summed E-state index contributed by atoms with van der Waals surface area (Å²) in [7, 11) is 0. The van der Waals surface area contributed by atoms with Gasteiger partial charge in [-0.3, -0.25) is 4.79 Å². The van der Waals surface area contributed by atoms with E-state index in [-0.39, 0.29) is 6.47 Å². The van der Waals surface area contributed by atoms with Crippen molar-refractivity contribution in [1.29, 1.82) is 0 Å². The third-order valence-electron chi connectivity index (χ3n) is 2.00. The zero-order chi connectivity index (χ0) is 12.5. The standard InChI is InChI=1S/C13H12O.CH2O2/c1-11-7-9-13(10-8-11)14-12-5-3-2-4-6-12;2-1-3/h2-10H,1H3;1H,(H,2,3). The molecule has 0 amide bonds. The minimum absolute atomic E-state index is 0.250. The lowest BCUT2D eigenvalue weighted by molar-refractivity contribution is -0.122. The molecule has 0 fully saturated rings. The molecule has 0 saturated heterocycles. The first-order chi connectivity index (χ1) is 8.26. The van der Waals surface area contributed by atoms with Crippen molar-refractivity contribution in [1.82, 2.24) is 0 Å². The Hall–Kier alpha value is -2.29. The molecule has 0 aliphatic carbocycles. The summed E-state index contributed by atoms with van der Waals surface area (Å²) in [6.07, 6.45) is 0. The van der Waals surface area contributed by atoms with Gasteiger partial charge in [-0.2, -0.15) is 0 Å². The molecule has 0 radical (unpaired) electrons. The second kappa shape index (κ2) is 7.06. The number of carbonyl (C=O) groups is 1. The fourth-order valence-corrected chi connectivity index (χ4v) is 1.23. The molecular weight excluding hydrogens is 216 g/mol. The summed E-state index contributed by atoms with van der Waals surface area (Å²) in [5.41, 5.74) is 1.24. The first kappa shape index (κ1) is 12.8. The molecular formula is C14H14O3. The number of aryl methyl sites for hydroxylation is 1. The molecule has 0 spiro atoms. The van der Waals surface area contributed by atoms with E-state index in [1.54, 1.807) is 0 Å². The van der Waals surface area contributed by atoms with Gasteiger partial charge < -0.3 is 9.84 Å². The maximum atomic E-state index is 8.36. The Morgan fingerprint density at radius 2 is 1.41 bits per heavy atom. The van der Waals surface area contributed by atoms with Crippen molar-refractivity contribution in [2.75, 3.05) is 0 Å². The highest BCUT2D eigenvalue weighted by molar-refractivity contribution is 5.33. The van der Waals surface area contributed by atoms with E-state index in [2.05, 4.69) is 6.92 Å². The van der Waals surface area contributed by atoms with Gasteiger partial charge in [0.15, 0.2) is 0 Å². The molecule has 88 valence electrons. The van der Waals surface area contributed by atoms with Gasteiger partial charge >= 0.3 is 0 Å². The Bertz CT molecular complexity index is 435. The third-order valence-corrected chi connectivity index (χ3v) is 2.00. The number of ether oxygens (including phenoxy) is 1. The SMILES string of the molecule is Cc1ccc(Oc2ccccc2)cc1.O=CO. The minimum Gasteiger partial charge on any atom is -0.483 e. The molecule has 0 saturated carbocycles. The molecule has 0 atom stereocenters. The lowest BCUT2D eigenvalue weighted by Gasteiger charge is -2.04. The molecule has 2 aromatic rings. The van der Waals surface area contributed by atoms with Crippen LogP contribution in [0, 0.1) is 6.92 Å². The normalized spacial score (nSPS) is 8.76. The summed E-state index contributed by atoms with van der Waals surface area (Å²) in [5, 5.41) is 6.89. The smallest absolute Gasteiger partial charge is 0.290 e. The molecule has 0 bridgehead atoms. The molecule has 0 aromatic heterocycles. The third kappa shape index (κ3) is 4.84. The largest absolute Gasteiger partial charge is 0.483 e. The molecule has 0 heterocycles. The van der Waals surface area contributed by atoms with Crippen LogP contribution in [0.1, 0.15) is 5.56 Å². The summed E-state index contributed by atoms with van der Waals surface area (Å²) in [6.45, 7) is 1.81. The van der Waals surface area contributed by atoms with Crippen molar-refractivity contribution in [3.05, 3.63) is 60.2 Å². The van der Waals surface area contributed by atoms with Gasteiger partial charge in [-0.1, -0.05) is 35.9 Å². The van der Waals surface area contributed by atoms with Crippen LogP contribution in [0.2, 0.25) is 0 Å². The molecule has 3 heteroatoms. The van der Waals surface area contributed by atoms with Crippen LogP contribution in [-0.2, 0) is 4.79 Å². The molecule has 17 heavy (non-hydrogen) atoms. The molecule has 1 N–H and O–H groups in total. The Kier molecular flexibility index (Phi) is 5.31. The number of hydrogen-bond donors (Lipinski definition) is 1. The monoisotopic (exact) mass is 230 g/mol. The van der Waals surface area contributed by atoms with Gasteiger partial charge in [-0.15, -0.1) is 0 Å². The van der Waals surface area contributed by atoms with Crippen molar-refractivity contribution in [3.8, 4) is 11.5 Å². The number of hydrogen-bond acceptors (Lipinski definition) is 2. The highest BCUT2D eigenvalue weighted by atomic mass is 16.5. The number of rotatable bonds is 2. The van der Waals surface area contributed by atoms with Gasteiger partial charge in [-0.25, -0.2) is 0 Å². The van der Waals surface area contributed by atoms with E-state index >= 15 is 0 Å². The molecule has 0 aliphatic heterocycles. The van der Waals surface area contributed by atoms with Gasteiger partial charge in [0.25, 0.3) is 6.47 Å². The average Bonchev–Trinajstić information content (AvgIpc) is 2.35. The summed E-state index contributed by atoms with van der Waals surface area (Å²) < 4.78 is 5.63. The average molecular weight is 230 g/mol. The predicted molar refractivity (Wildman–Crippen MR) is 66.4 cm³/mol. The van der Waals surface area contributed by atoms with E-state index in [1.807, 2.05) is 54.6 Å². The summed E-state index contributed by atoms with van der Waals surface area (Å²) in [6, 6.07) is 17.8. The van der Waals surface area contributed by atoms with Crippen LogP contribution in [0.4, 0.5) is 0 Å². The van der Waals surface area contributed by atoms with Crippen LogP contribution < -0.4 is 4.74 Å². The number of carboxylic acid groups (broad SMARTS) is 1. The van der Waals surface area contributed by atoms with E-state index in [0.717, 1.165) is 11.5 Å². The fourth-order valence-electron chi connectivity index (χ4n) is 1.23. The summed E-state index contributed by atoms with van der Waals surface area (Å²) in [5.74, 6) is 1.75. The van der Waals surface area contributed by atoms with Gasteiger partial charge in [0.2, 0.25) is 0 Å². The van der Waals surface area contributed by atoms with Crippen molar-refractivity contribution in [2.45, 2.75) is 6.92 Å². The second-order valence-corrected chi connectivity index (χ2v) is 3.33. The van der Waals surface area contributed by atoms with Gasteiger partial charge in [0.1, 0.15) is 11.5 Å². The van der Waals surface area contributed by atoms with E-state index in [4.69, 9.17) is 14.6 Å². The van der Waals surface area contributed by atoms with E-state index in [0.29, 0.717) is 0 Å². The Balaban J connectivity index is 0.000000437. The minimum atomic E-state index is -0.250. The maximum Gasteiger partial charge on any atom is 0.290 e. The van der Waals surface area contributed by atoms with Crippen LogP contribution >= 0.6 is 0 Å². The van der Waals surface area contributed by atoms with Crippen LogP contribution in [0.3, 0.4) is 0 Å². The predicted octanol–water partition coefficient (Wildman–Crippen LogP) is 3.49. The topological polar surface area (TPSA) is 46.5 Å². The lowest BCUT2D eigenvalue weighted by Crippen LogP contribution is -1.82. The Labute approximate surface area is 100 Å². The van der Waals surface area contributed by atoms with Crippen LogP contribution in [0.5, 0.6) is 11.5 Å². The van der Waals surface area contributed by atoms with Gasteiger partial charge in [0.05, 0.1) is 0 Å². The van der Waals surface area contributed by atoms with Crippen molar-refractivity contribution >= 4 is 6.47 Å². The molecule has 3 nitrogen and oxygen atoms in total. The highest BCUT2D eigenvalue weighted by Gasteiger charge is 1.94. The van der Waals surface area contributed by atoms with Crippen LogP contribution in [0.25, 0.3) is 0 Å². The number of benzene rings is 2. The first-order valence-electron chi connectivity index (χ1n) is 5.13. The molecule has 2 rings (SSSR count). The fraction of sp³-hybridized carbons (Fsp3) is 0.0714. The van der Waals surface area contributed by atoms with E-state index < -0.39 is 0 Å². The van der Waals surface area contributed by atoms with Gasteiger partial charge in [0, 0.05) is 0 Å². The van der Waals surface area contributed by atoms with Gasteiger partial charge in [-0.05, 0) is 31.2 Å². The lowest BCUT2D eigenvalue weighted by atomic mass is 10.2. The summed E-state index contributed by atoms with van der Waals surface area (Å²) >= 11 is 0. The van der Waals surface area contributed by atoms with Crippen molar-refractivity contribution in [2.24, 2.45) is 0 Å². The molecule has 0 unspecified atom stereocenters. The quantitative estimate of drug-likeness (QED) is 0.803. The zero-order valence-corrected chi connectivity index (χ0v) is 9.54. The second-order valence-electron chi connectivity index (χ2n) is 3.33. The van der Waals surface area contributed by atoms with Crippen LogP contribution in [0.15, 0.2) is 54.6 Å². The Morgan fingerprint density at radius 3 is 1.94 bits per heavy atom. The summed E-state index contributed by atoms with van der Waals surface area (Å²) in [4.78, 5) is 8.36. The maximum absolute atomic E-state index is 8.36. The Morgan fingerprint density at radius 1 is 0.941 bits per heavy atom. The molecule has 0 aliphatic rings. The van der Waals surface area contributed by atoms with Crippen molar-refractivity contribution in [3.63, 3.8) is 0 Å². The highest BCUT2D eigenvalue weighted by Crippen LogP contribution is 2.20. The zero-order valence-electron chi connectivity index (χ0n) is 9.54. The van der Waals surface area contributed by atoms with E-state index in [9.17, 15) is 0 Å². The van der Waals surface area contributed by atoms with E-state index in [1.165, 1.54) is 5.56 Å². The first-order valence-corrected chi connectivity index (χ1v) is 5.13. The van der Waals surface area contributed by atoms with Crippen LogP contribution in [-0.4, -0.2) is 11.6 Å². The van der Waals surface area contributed by atoms with Crippen molar-refractivity contribution < 1.29 is 14.6 Å². The number of para-hydroxylation sites is 1.